The van der Waals surface area contributed by atoms with Crippen LogP contribution in [0.25, 0.3) is 0 Å². The lowest BCUT2D eigenvalue weighted by molar-refractivity contribution is -0.385. The van der Waals surface area contributed by atoms with Gasteiger partial charge in [0.1, 0.15) is 17.9 Å². The number of rotatable bonds is 9. The Kier molecular flexibility index (Phi) is 8.23. The molecule has 0 aromatic heterocycles. The second-order valence-electron chi connectivity index (χ2n) is 7.07. The zero-order valence-corrected chi connectivity index (χ0v) is 18.5. The lowest BCUT2D eigenvalue weighted by Crippen LogP contribution is -2.49. The van der Waals surface area contributed by atoms with Crippen molar-refractivity contribution in [2.45, 2.75) is 6.61 Å². The molecule has 178 valence electrons. The summed E-state index contributed by atoms with van der Waals surface area (Å²) in [6, 6.07) is 8.98. The molecule has 0 spiro atoms. The Morgan fingerprint density at radius 3 is 2.45 bits per heavy atom. The van der Waals surface area contributed by atoms with Crippen LogP contribution in [0, 0.1) is 10.1 Å². The second kappa shape index (κ2) is 11.1. The zero-order valence-electron chi connectivity index (χ0n) is 17.7. The van der Waals surface area contributed by atoms with Crippen LogP contribution in [0.5, 0.6) is 17.2 Å². The quantitative estimate of drug-likeness (QED) is 0.395. The molecule has 1 aliphatic heterocycles. The summed E-state index contributed by atoms with van der Waals surface area (Å²) in [5.74, 6) is -0.706. The van der Waals surface area contributed by atoms with Crippen LogP contribution in [-0.4, -0.2) is 73.7 Å². The highest BCUT2D eigenvalue weighted by Gasteiger charge is 2.30. The maximum Gasteiger partial charge on any atom is 0.387 e. The van der Waals surface area contributed by atoms with Crippen molar-refractivity contribution in [2.24, 2.45) is 0 Å². The summed E-state index contributed by atoms with van der Waals surface area (Å²) in [6.45, 7) is -0.439. The van der Waals surface area contributed by atoms with Gasteiger partial charge in [0.05, 0.1) is 23.1 Å². The number of para-hydroxylation sites is 1. The number of hydrogen-bond acceptors (Lipinski definition) is 7. The van der Waals surface area contributed by atoms with Gasteiger partial charge in [-0.1, -0.05) is 23.7 Å². The number of ether oxygens (including phenoxy) is 3. The first-order valence-corrected chi connectivity index (χ1v) is 10.4. The zero-order chi connectivity index (χ0) is 24.0. The molecular formula is C21H22ClF2N3O6. The van der Waals surface area contributed by atoms with E-state index in [0.717, 1.165) is 12.1 Å². The number of carbonyl (C=O) groups excluding carboxylic acids is 1. The summed E-state index contributed by atoms with van der Waals surface area (Å²) >= 11 is 6.06. The van der Waals surface area contributed by atoms with Gasteiger partial charge < -0.3 is 19.1 Å². The minimum Gasteiger partial charge on any atom is -0.493 e. The summed E-state index contributed by atoms with van der Waals surface area (Å²) in [5.41, 5.74) is -0.888. The summed E-state index contributed by atoms with van der Waals surface area (Å²) < 4.78 is 40.2. The number of nitrogens with zero attached hydrogens (tertiary/aromatic N) is 3. The molecule has 2 aromatic carbocycles. The van der Waals surface area contributed by atoms with Gasteiger partial charge in [0, 0.05) is 38.8 Å². The predicted octanol–water partition coefficient (Wildman–Crippen LogP) is 3.70. The molecule has 1 heterocycles. The third-order valence-corrected chi connectivity index (χ3v) is 5.40. The summed E-state index contributed by atoms with van der Waals surface area (Å²) in [4.78, 5) is 27.2. The average molecular weight is 486 g/mol. The van der Waals surface area contributed by atoms with Crippen molar-refractivity contribution < 1.29 is 32.7 Å². The normalized spacial score (nSPS) is 14.3. The van der Waals surface area contributed by atoms with E-state index in [-0.39, 0.29) is 11.3 Å². The standard InChI is InChI=1S/C21H22ClF2N3O6/c1-31-18-12-14(16(27(29)30)13-19(18)33-21(23)24)20(28)26-8-6-25(7-9-26)10-11-32-17-5-3-2-4-15(17)22/h2-5,12-13,21H,6-11H2,1H3. The number of halogens is 3. The Bertz CT molecular complexity index is 1000. The molecular weight excluding hydrogens is 464 g/mol. The molecule has 1 fully saturated rings. The predicted molar refractivity (Wildman–Crippen MR) is 116 cm³/mol. The Hall–Kier alpha value is -3.18. The van der Waals surface area contributed by atoms with Crippen molar-refractivity contribution in [1.29, 1.82) is 0 Å². The highest BCUT2D eigenvalue weighted by molar-refractivity contribution is 6.32. The Labute approximate surface area is 193 Å². The average Bonchev–Trinajstić information content (AvgIpc) is 2.79. The van der Waals surface area contributed by atoms with E-state index in [1.165, 1.54) is 12.0 Å². The van der Waals surface area contributed by atoms with Crippen LogP contribution in [0.1, 0.15) is 10.4 Å². The molecule has 0 radical (unpaired) electrons. The van der Waals surface area contributed by atoms with E-state index in [9.17, 15) is 23.7 Å². The van der Waals surface area contributed by atoms with Gasteiger partial charge >= 0.3 is 6.61 Å². The third kappa shape index (κ3) is 6.20. The molecule has 12 heteroatoms. The lowest BCUT2D eigenvalue weighted by Gasteiger charge is -2.34. The number of methoxy groups -OCH3 is 1. The molecule has 33 heavy (non-hydrogen) atoms. The van der Waals surface area contributed by atoms with Gasteiger partial charge in [-0.15, -0.1) is 0 Å². The molecule has 0 bridgehead atoms. The maximum atomic E-state index is 13.0. The molecule has 0 atom stereocenters. The first-order valence-electron chi connectivity index (χ1n) is 10.0. The highest BCUT2D eigenvalue weighted by atomic mass is 35.5. The van der Waals surface area contributed by atoms with Crippen molar-refractivity contribution in [3.05, 3.63) is 57.1 Å². The van der Waals surface area contributed by atoms with E-state index in [4.69, 9.17) is 21.1 Å². The number of piperazine rings is 1. The number of nitro groups is 1. The lowest BCUT2D eigenvalue weighted by atomic mass is 10.1. The minimum absolute atomic E-state index is 0.195. The molecule has 3 rings (SSSR count). The van der Waals surface area contributed by atoms with E-state index in [0.29, 0.717) is 50.1 Å². The topological polar surface area (TPSA) is 94.4 Å². The van der Waals surface area contributed by atoms with Crippen LogP contribution in [0.2, 0.25) is 5.02 Å². The molecule has 9 nitrogen and oxygen atoms in total. The smallest absolute Gasteiger partial charge is 0.387 e. The molecule has 1 aliphatic rings. The van der Waals surface area contributed by atoms with E-state index < -0.39 is 28.9 Å². The van der Waals surface area contributed by atoms with Gasteiger partial charge in [-0.05, 0) is 12.1 Å². The number of alkyl halides is 2. The van der Waals surface area contributed by atoms with Crippen LogP contribution in [0.4, 0.5) is 14.5 Å². The fourth-order valence-corrected chi connectivity index (χ4v) is 3.60. The van der Waals surface area contributed by atoms with E-state index in [1.807, 2.05) is 12.1 Å². The molecule has 0 saturated carbocycles. The molecule has 1 amide bonds. The summed E-state index contributed by atoms with van der Waals surface area (Å²) in [5, 5.41) is 12.0. The van der Waals surface area contributed by atoms with E-state index >= 15 is 0 Å². The monoisotopic (exact) mass is 485 g/mol. The fraction of sp³-hybridized carbons (Fsp3) is 0.381. The first-order chi connectivity index (χ1) is 15.8. The summed E-state index contributed by atoms with van der Waals surface area (Å²) in [6.07, 6.45) is 0. The molecule has 0 unspecified atom stereocenters. The van der Waals surface area contributed by atoms with Gasteiger partial charge in [0.2, 0.25) is 0 Å². The van der Waals surface area contributed by atoms with Gasteiger partial charge in [-0.3, -0.25) is 19.8 Å². The van der Waals surface area contributed by atoms with E-state index in [1.54, 1.807) is 12.1 Å². The van der Waals surface area contributed by atoms with Gasteiger partial charge in [-0.25, -0.2) is 0 Å². The van der Waals surface area contributed by atoms with Crippen LogP contribution in [0.3, 0.4) is 0 Å². The first kappa shape index (κ1) is 24.5. The van der Waals surface area contributed by atoms with Crippen molar-refractivity contribution in [2.75, 3.05) is 46.4 Å². The van der Waals surface area contributed by atoms with Crippen molar-refractivity contribution in [1.82, 2.24) is 9.80 Å². The van der Waals surface area contributed by atoms with Gasteiger partial charge in [0.25, 0.3) is 11.6 Å². The van der Waals surface area contributed by atoms with Crippen molar-refractivity contribution in [3.8, 4) is 17.2 Å². The Morgan fingerprint density at radius 2 is 1.85 bits per heavy atom. The molecule has 2 aromatic rings. The maximum absolute atomic E-state index is 13.0. The van der Waals surface area contributed by atoms with E-state index in [2.05, 4.69) is 9.64 Å². The number of amides is 1. The molecule has 0 N–H and O–H groups in total. The fourth-order valence-electron chi connectivity index (χ4n) is 3.41. The number of benzene rings is 2. The van der Waals surface area contributed by atoms with Gasteiger partial charge in [-0.2, -0.15) is 8.78 Å². The van der Waals surface area contributed by atoms with Crippen LogP contribution in [-0.2, 0) is 0 Å². The third-order valence-electron chi connectivity index (χ3n) is 5.09. The van der Waals surface area contributed by atoms with Crippen molar-refractivity contribution in [3.63, 3.8) is 0 Å². The van der Waals surface area contributed by atoms with Gasteiger partial charge in [0.15, 0.2) is 11.5 Å². The number of carbonyl (C=O) groups is 1. The largest absolute Gasteiger partial charge is 0.493 e. The number of nitro benzene ring substituents is 1. The SMILES string of the molecule is COc1cc(C(=O)N2CCN(CCOc3ccccc3Cl)CC2)c([N+](=O)[O-])cc1OC(F)F. The highest BCUT2D eigenvalue weighted by Crippen LogP contribution is 2.36. The van der Waals surface area contributed by atoms with Crippen LogP contribution < -0.4 is 14.2 Å². The van der Waals surface area contributed by atoms with Crippen molar-refractivity contribution >= 4 is 23.2 Å². The molecule has 1 saturated heterocycles. The number of hydrogen-bond donors (Lipinski definition) is 0. The minimum atomic E-state index is -3.20. The van der Waals surface area contributed by atoms with Crippen LogP contribution in [0.15, 0.2) is 36.4 Å². The Balaban J connectivity index is 1.62. The van der Waals surface area contributed by atoms with Crippen LogP contribution >= 0.6 is 11.6 Å². The second-order valence-corrected chi connectivity index (χ2v) is 7.48. The summed E-state index contributed by atoms with van der Waals surface area (Å²) in [7, 11) is 1.19. The Morgan fingerprint density at radius 1 is 1.15 bits per heavy atom. The molecule has 0 aliphatic carbocycles.